The highest BCUT2D eigenvalue weighted by Gasteiger charge is 2.25. The van der Waals surface area contributed by atoms with E-state index in [4.69, 9.17) is 5.73 Å². The van der Waals surface area contributed by atoms with E-state index < -0.39 is 0 Å². The van der Waals surface area contributed by atoms with E-state index in [0.717, 1.165) is 24.0 Å². The van der Waals surface area contributed by atoms with Crippen molar-refractivity contribution in [1.29, 1.82) is 0 Å². The van der Waals surface area contributed by atoms with Crippen LogP contribution in [0.3, 0.4) is 0 Å². The number of piperidine rings is 1. The Hall–Kier alpha value is -0.680. The second-order valence-corrected chi connectivity index (χ2v) is 6.03. The molecule has 2 N–H and O–H groups in total. The molecule has 0 saturated carbocycles. The molecule has 0 aliphatic carbocycles. The van der Waals surface area contributed by atoms with Crippen LogP contribution in [0.1, 0.15) is 45.4 Å². The number of nitrogens with two attached hydrogens (primary N) is 1. The summed E-state index contributed by atoms with van der Waals surface area (Å²) in [6.45, 7) is 8.49. The third kappa shape index (κ3) is 2.96. The van der Waals surface area contributed by atoms with Gasteiger partial charge in [0.15, 0.2) is 0 Å². The predicted molar refractivity (Wildman–Crippen MR) is 72.6 cm³/mol. The molecule has 0 spiro atoms. The number of anilines is 1. The van der Waals surface area contributed by atoms with E-state index in [2.05, 4.69) is 35.0 Å². The van der Waals surface area contributed by atoms with E-state index in [0.29, 0.717) is 11.8 Å². The largest absolute Gasteiger partial charge is 0.347 e. The van der Waals surface area contributed by atoms with Gasteiger partial charge in [0.2, 0.25) is 5.13 Å². The molecule has 2 atom stereocenters. The SMILES string of the molecule is CC(C)c1nsc(N2CCCC(C(C)N)C2)n1. The van der Waals surface area contributed by atoms with Gasteiger partial charge in [-0.1, -0.05) is 13.8 Å². The minimum Gasteiger partial charge on any atom is -0.347 e. The zero-order valence-corrected chi connectivity index (χ0v) is 11.7. The average Bonchev–Trinajstić information content (AvgIpc) is 2.78. The van der Waals surface area contributed by atoms with E-state index in [1.807, 2.05) is 0 Å². The third-order valence-corrected chi connectivity index (χ3v) is 4.21. The van der Waals surface area contributed by atoms with Crippen molar-refractivity contribution in [1.82, 2.24) is 9.36 Å². The van der Waals surface area contributed by atoms with Crippen molar-refractivity contribution < 1.29 is 0 Å². The second kappa shape index (κ2) is 5.31. The normalized spacial score (nSPS) is 23.1. The Labute approximate surface area is 107 Å². The Bertz CT molecular complexity index is 361. The average molecular weight is 254 g/mol. The van der Waals surface area contributed by atoms with Crippen LogP contribution in [0, 0.1) is 5.92 Å². The van der Waals surface area contributed by atoms with Crippen molar-refractivity contribution in [2.45, 2.75) is 45.6 Å². The van der Waals surface area contributed by atoms with Crippen molar-refractivity contribution in [3.63, 3.8) is 0 Å². The first-order chi connectivity index (χ1) is 8.08. The molecule has 1 aliphatic rings. The maximum absolute atomic E-state index is 6.00. The lowest BCUT2D eigenvalue weighted by molar-refractivity contribution is 0.364. The van der Waals surface area contributed by atoms with Gasteiger partial charge < -0.3 is 10.6 Å². The van der Waals surface area contributed by atoms with Gasteiger partial charge in [0.1, 0.15) is 5.82 Å². The van der Waals surface area contributed by atoms with E-state index in [1.54, 1.807) is 0 Å². The Morgan fingerprint density at radius 2 is 2.18 bits per heavy atom. The van der Waals surface area contributed by atoms with Crippen LogP contribution in [-0.4, -0.2) is 28.5 Å². The summed E-state index contributed by atoms with van der Waals surface area (Å²) in [5.74, 6) is 1.97. The monoisotopic (exact) mass is 254 g/mol. The lowest BCUT2D eigenvalue weighted by Gasteiger charge is -2.34. The quantitative estimate of drug-likeness (QED) is 0.898. The zero-order chi connectivity index (χ0) is 12.4. The smallest absolute Gasteiger partial charge is 0.205 e. The minimum atomic E-state index is 0.273. The molecule has 2 heterocycles. The first-order valence-electron chi connectivity index (χ1n) is 6.42. The van der Waals surface area contributed by atoms with Gasteiger partial charge in [-0.25, -0.2) is 4.98 Å². The Kier molecular flexibility index (Phi) is 3.99. The summed E-state index contributed by atoms with van der Waals surface area (Å²) in [4.78, 5) is 6.97. The topological polar surface area (TPSA) is 55.0 Å². The first kappa shape index (κ1) is 12.8. The van der Waals surface area contributed by atoms with Crippen LogP contribution in [0.2, 0.25) is 0 Å². The zero-order valence-electron chi connectivity index (χ0n) is 10.9. The minimum absolute atomic E-state index is 0.273. The van der Waals surface area contributed by atoms with Crippen molar-refractivity contribution in [2.24, 2.45) is 11.7 Å². The van der Waals surface area contributed by atoms with Crippen LogP contribution < -0.4 is 10.6 Å². The fourth-order valence-electron chi connectivity index (χ4n) is 2.20. The standard InChI is InChI=1S/C12H22N4S/c1-8(2)11-14-12(17-15-11)16-6-4-5-10(7-16)9(3)13/h8-10H,4-7,13H2,1-3H3. The van der Waals surface area contributed by atoms with Crippen LogP contribution in [0.5, 0.6) is 0 Å². The molecule has 1 fully saturated rings. The molecule has 1 aromatic heterocycles. The molecule has 1 saturated heterocycles. The number of hydrogen-bond donors (Lipinski definition) is 1. The van der Waals surface area contributed by atoms with E-state index in [-0.39, 0.29) is 6.04 Å². The molecule has 0 bridgehead atoms. The summed E-state index contributed by atoms with van der Waals surface area (Å²) in [7, 11) is 0. The van der Waals surface area contributed by atoms with E-state index >= 15 is 0 Å². The van der Waals surface area contributed by atoms with Crippen molar-refractivity contribution >= 4 is 16.7 Å². The Morgan fingerprint density at radius 3 is 2.76 bits per heavy atom. The molecule has 96 valence electrons. The highest BCUT2D eigenvalue weighted by atomic mass is 32.1. The fraction of sp³-hybridized carbons (Fsp3) is 0.833. The highest BCUT2D eigenvalue weighted by Crippen LogP contribution is 2.27. The molecular formula is C12H22N4S. The summed E-state index contributed by atoms with van der Waals surface area (Å²) in [6, 6.07) is 0.273. The Balaban J connectivity index is 2.05. The summed E-state index contributed by atoms with van der Waals surface area (Å²) in [5, 5.41) is 1.07. The highest BCUT2D eigenvalue weighted by molar-refractivity contribution is 7.09. The van der Waals surface area contributed by atoms with Gasteiger partial charge in [-0.3, -0.25) is 0 Å². The second-order valence-electron chi connectivity index (χ2n) is 5.30. The van der Waals surface area contributed by atoms with Crippen LogP contribution in [-0.2, 0) is 0 Å². The van der Waals surface area contributed by atoms with Gasteiger partial charge in [-0.05, 0) is 25.7 Å². The number of rotatable bonds is 3. The number of hydrogen-bond acceptors (Lipinski definition) is 5. The van der Waals surface area contributed by atoms with Gasteiger partial charge >= 0.3 is 0 Å². The molecule has 17 heavy (non-hydrogen) atoms. The molecular weight excluding hydrogens is 232 g/mol. The van der Waals surface area contributed by atoms with Crippen LogP contribution in [0.25, 0.3) is 0 Å². The van der Waals surface area contributed by atoms with Gasteiger partial charge in [0.05, 0.1) is 0 Å². The first-order valence-corrected chi connectivity index (χ1v) is 7.19. The Morgan fingerprint density at radius 1 is 1.41 bits per heavy atom. The van der Waals surface area contributed by atoms with Gasteiger partial charge in [0, 0.05) is 36.6 Å². The third-order valence-electron chi connectivity index (χ3n) is 3.42. The summed E-state index contributed by atoms with van der Waals surface area (Å²) in [6.07, 6.45) is 2.45. The maximum Gasteiger partial charge on any atom is 0.205 e. The molecule has 1 aliphatic heterocycles. The lowest BCUT2D eigenvalue weighted by atomic mass is 9.92. The van der Waals surface area contributed by atoms with Crippen LogP contribution in [0.15, 0.2) is 0 Å². The van der Waals surface area contributed by atoms with Crippen molar-refractivity contribution in [3.8, 4) is 0 Å². The van der Waals surface area contributed by atoms with Crippen molar-refractivity contribution in [2.75, 3.05) is 18.0 Å². The lowest BCUT2D eigenvalue weighted by Crippen LogP contribution is -2.42. The number of aromatic nitrogens is 2. The molecule has 1 aromatic rings. The van der Waals surface area contributed by atoms with E-state index in [1.165, 1.54) is 24.4 Å². The molecule has 0 aromatic carbocycles. The van der Waals surface area contributed by atoms with Crippen LogP contribution in [0.4, 0.5) is 5.13 Å². The molecule has 4 nitrogen and oxygen atoms in total. The molecule has 5 heteroatoms. The molecule has 0 amide bonds. The summed E-state index contributed by atoms with van der Waals surface area (Å²) < 4.78 is 4.42. The maximum atomic E-state index is 6.00. The summed E-state index contributed by atoms with van der Waals surface area (Å²) >= 11 is 1.52. The van der Waals surface area contributed by atoms with E-state index in [9.17, 15) is 0 Å². The molecule has 2 rings (SSSR count). The number of nitrogens with zero attached hydrogens (tertiary/aromatic N) is 3. The predicted octanol–water partition coefficient (Wildman–Crippen LogP) is 2.23. The molecule has 0 radical (unpaired) electrons. The van der Waals surface area contributed by atoms with Crippen molar-refractivity contribution in [3.05, 3.63) is 5.82 Å². The van der Waals surface area contributed by atoms with Gasteiger partial charge in [-0.15, -0.1) is 0 Å². The van der Waals surface area contributed by atoms with Crippen LogP contribution >= 0.6 is 11.5 Å². The summed E-state index contributed by atoms with van der Waals surface area (Å²) in [5.41, 5.74) is 6.00. The fourth-order valence-corrected chi connectivity index (χ4v) is 3.04. The van der Waals surface area contributed by atoms with Gasteiger partial charge in [-0.2, -0.15) is 4.37 Å². The van der Waals surface area contributed by atoms with Gasteiger partial charge in [0.25, 0.3) is 0 Å². The molecule has 2 unspecified atom stereocenters.